The van der Waals surface area contributed by atoms with E-state index in [2.05, 4.69) is 56.2 Å². The number of amides is 3. The van der Waals surface area contributed by atoms with E-state index in [1.165, 1.54) is 0 Å². The molecule has 9 nitrogen and oxygen atoms in total. The molecule has 1 saturated heterocycles. The summed E-state index contributed by atoms with van der Waals surface area (Å²) < 4.78 is 0. The molecule has 226 valence electrons. The largest absolute Gasteiger partial charge is 0.351 e. The van der Waals surface area contributed by atoms with Crippen LogP contribution in [0.4, 0.5) is 10.7 Å². The van der Waals surface area contributed by atoms with Gasteiger partial charge in [-0.1, -0.05) is 32.8 Å². The average Bonchev–Trinajstić information content (AvgIpc) is 3.66. The summed E-state index contributed by atoms with van der Waals surface area (Å²) in [5.41, 5.74) is 3.52. The van der Waals surface area contributed by atoms with Crippen molar-refractivity contribution in [3.63, 3.8) is 0 Å². The standard InChI is InChI=1S/C32H38N6O3S2/c1-3-6-21(7-4-2)30(40)38(19-25-8-5-9-27(34-25)22-15-17-42-20-22)26-12-10-23(11-13-26)35-31-33-16-14-24(36-31)18-28-29(39)37-32(41)43-28/h5,8-9,14-18,20-21,23,26H,3-4,6-7,10-13,19H2,1-2H3,(H,33,35,36)(H,37,39,41)/b28-18-/t23-,26-. The number of thiophene rings is 1. The highest BCUT2D eigenvalue weighted by atomic mass is 32.2. The minimum atomic E-state index is -0.408. The first-order chi connectivity index (χ1) is 20.9. The van der Waals surface area contributed by atoms with E-state index in [0.29, 0.717) is 23.1 Å². The summed E-state index contributed by atoms with van der Waals surface area (Å²) in [5.74, 6) is 0.362. The number of rotatable bonds is 12. The number of aromatic nitrogens is 3. The Morgan fingerprint density at radius 2 is 1.88 bits per heavy atom. The quantitative estimate of drug-likeness (QED) is 0.211. The van der Waals surface area contributed by atoms with E-state index in [-0.39, 0.29) is 29.1 Å². The van der Waals surface area contributed by atoms with Crippen LogP contribution >= 0.6 is 23.1 Å². The maximum absolute atomic E-state index is 14.0. The first-order valence-electron chi connectivity index (χ1n) is 15.1. The first-order valence-corrected chi connectivity index (χ1v) is 16.8. The topological polar surface area (TPSA) is 117 Å². The molecule has 3 aromatic rings. The molecule has 3 amide bonds. The van der Waals surface area contributed by atoms with Crippen molar-refractivity contribution in [3.8, 4) is 11.3 Å². The van der Waals surface area contributed by atoms with Crippen molar-refractivity contribution >= 4 is 52.2 Å². The summed E-state index contributed by atoms with van der Waals surface area (Å²) in [4.78, 5) is 53.7. The number of nitrogens with zero attached hydrogens (tertiary/aromatic N) is 4. The van der Waals surface area contributed by atoms with Crippen LogP contribution in [0.3, 0.4) is 0 Å². The number of carbonyl (C=O) groups excluding carboxylic acids is 3. The van der Waals surface area contributed by atoms with Gasteiger partial charge in [0.1, 0.15) is 0 Å². The van der Waals surface area contributed by atoms with E-state index in [4.69, 9.17) is 4.98 Å². The average molecular weight is 619 g/mol. The highest BCUT2D eigenvalue weighted by molar-refractivity contribution is 8.18. The smallest absolute Gasteiger partial charge is 0.290 e. The molecule has 4 heterocycles. The molecular weight excluding hydrogens is 581 g/mol. The number of carbonyl (C=O) groups is 3. The number of thioether (sulfide) groups is 1. The van der Waals surface area contributed by atoms with Gasteiger partial charge in [0.05, 0.1) is 28.5 Å². The highest BCUT2D eigenvalue weighted by Crippen LogP contribution is 2.30. The van der Waals surface area contributed by atoms with E-state index in [9.17, 15) is 14.4 Å². The zero-order valence-electron chi connectivity index (χ0n) is 24.6. The molecule has 1 saturated carbocycles. The van der Waals surface area contributed by atoms with Crippen molar-refractivity contribution in [1.82, 2.24) is 25.2 Å². The van der Waals surface area contributed by atoms with Gasteiger partial charge in [0.25, 0.3) is 11.1 Å². The lowest BCUT2D eigenvalue weighted by Crippen LogP contribution is -2.46. The van der Waals surface area contributed by atoms with Crippen LogP contribution in [-0.4, -0.2) is 49.0 Å². The third kappa shape index (κ3) is 8.08. The molecule has 2 aliphatic rings. The van der Waals surface area contributed by atoms with Crippen LogP contribution < -0.4 is 10.6 Å². The molecule has 1 aliphatic carbocycles. The van der Waals surface area contributed by atoms with Crippen molar-refractivity contribution in [1.29, 1.82) is 0 Å². The number of imide groups is 1. The van der Waals surface area contributed by atoms with Crippen molar-refractivity contribution in [2.45, 2.75) is 83.8 Å². The van der Waals surface area contributed by atoms with E-state index < -0.39 is 5.91 Å². The van der Waals surface area contributed by atoms with Crippen LogP contribution in [0.15, 0.2) is 52.2 Å². The van der Waals surface area contributed by atoms with Crippen LogP contribution in [0.5, 0.6) is 0 Å². The molecule has 1 aliphatic heterocycles. The van der Waals surface area contributed by atoms with E-state index >= 15 is 0 Å². The zero-order valence-corrected chi connectivity index (χ0v) is 26.3. The number of hydrogen-bond acceptors (Lipinski definition) is 9. The van der Waals surface area contributed by atoms with E-state index in [0.717, 1.165) is 80.1 Å². The van der Waals surface area contributed by atoms with Gasteiger partial charge in [-0.05, 0) is 86.0 Å². The Morgan fingerprint density at radius 1 is 1.09 bits per heavy atom. The maximum atomic E-state index is 14.0. The number of anilines is 1. The monoisotopic (exact) mass is 618 g/mol. The third-order valence-electron chi connectivity index (χ3n) is 7.93. The summed E-state index contributed by atoms with van der Waals surface area (Å²) in [5, 5.41) is 9.49. The van der Waals surface area contributed by atoms with Gasteiger partial charge in [0, 0.05) is 35.1 Å². The fourth-order valence-electron chi connectivity index (χ4n) is 5.82. The lowest BCUT2D eigenvalue weighted by atomic mass is 9.88. The lowest BCUT2D eigenvalue weighted by Gasteiger charge is -2.39. The van der Waals surface area contributed by atoms with Crippen molar-refractivity contribution in [3.05, 3.63) is 63.6 Å². The van der Waals surface area contributed by atoms with Crippen LogP contribution in [-0.2, 0) is 16.1 Å². The molecule has 5 rings (SSSR count). The molecule has 0 unspecified atom stereocenters. The number of hydrogen-bond donors (Lipinski definition) is 2. The Bertz CT molecular complexity index is 1450. The normalized spacial score (nSPS) is 19.6. The molecule has 0 spiro atoms. The summed E-state index contributed by atoms with van der Waals surface area (Å²) in [6.07, 6.45) is 10.5. The Labute approximate surface area is 261 Å². The summed E-state index contributed by atoms with van der Waals surface area (Å²) in [7, 11) is 0. The Hall–Kier alpha value is -3.57. The lowest BCUT2D eigenvalue weighted by molar-refractivity contribution is -0.140. The van der Waals surface area contributed by atoms with Crippen LogP contribution in [0.25, 0.3) is 17.3 Å². The SMILES string of the molecule is CCCC(CCC)C(=O)N(Cc1cccc(-c2ccsc2)n1)[C@H]1CC[C@H](Nc2nccc(/C=C3\SC(=O)NC3=O)n2)CC1. The van der Waals surface area contributed by atoms with E-state index in [1.54, 1.807) is 29.7 Å². The van der Waals surface area contributed by atoms with Gasteiger partial charge >= 0.3 is 0 Å². The molecule has 2 N–H and O–H groups in total. The van der Waals surface area contributed by atoms with Crippen molar-refractivity contribution in [2.24, 2.45) is 5.92 Å². The molecule has 0 atom stereocenters. The highest BCUT2D eigenvalue weighted by Gasteiger charge is 2.33. The molecule has 2 fully saturated rings. The van der Waals surface area contributed by atoms with E-state index in [1.807, 2.05) is 18.2 Å². The van der Waals surface area contributed by atoms with Gasteiger partial charge in [-0.25, -0.2) is 9.97 Å². The van der Waals surface area contributed by atoms with Gasteiger partial charge in [0.15, 0.2) is 0 Å². The fourth-order valence-corrected chi connectivity index (χ4v) is 7.13. The Balaban J connectivity index is 1.27. The predicted octanol–water partition coefficient (Wildman–Crippen LogP) is 6.89. The van der Waals surface area contributed by atoms with Crippen LogP contribution in [0.2, 0.25) is 0 Å². The second kappa shape index (κ2) is 14.7. The van der Waals surface area contributed by atoms with Crippen molar-refractivity contribution < 1.29 is 14.4 Å². The molecule has 43 heavy (non-hydrogen) atoms. The third-order valence-corrected chi connectivity index (χ3v) is 9.43. The Kier molecular flexibility index (Phi) is 10.6. The second-order valence-electron chi connectivity index (χ2n) is 11.1. The first kappa shape index (κ1) is 30.9. The Morgan fingerprint density at radius 3 is 2.56 bits per heavy atom. The van der Waals surface area contributed by atoms with Gasteiger partial charge in [-0.15, -0.1) is 0 Å². The minimum Gasteiger partial charge on any atom is -0.351 e. The van der Waals surface area contributed by atoms with Crippen LogP contribution in [0, 0.1) is 5.92 Å². The number of pyridine rings is 1. The molecule has 0 aromatic carbocycles. The summed E-state index contributed by atoms with van der Waals surface area (Å²) in [6.45, 7) is 4.81. The maximum Gasteiger partial charge on any atom is 0.290 e. The number of nitrogens with one attached hydrogen (secondary N) is 2. The fraction of sp³-hybridized carbons (Fsp3) is 0.438. The van der Waals surface area contributed by atoms with Crippen LogP contribution in [0.1, 0.15) is 76.6 Å². The predicted molar refractivity (Wildman–Crippen MR) is 172 cm³/mol. The molecule has 0 bridgehead atoms. The summed E-state index contributed by atoms with van der Waals surface area (Å²) >= 11 is 2.52. The molecule has 0 radical (unpaired) electrons. The molecule has 3 aromatic heterocycles. The van der Waals surface area contributed by atoms with Gasteiger partial charge in [0.2, 0.25) is 11.9 Å². The van der Waals surface area contributed by atoms with Gasteiger partial charge < -0.3 is 10.2 Å². The summed E-state index contributed by atoms with van der Waals surface area (Å²) in [6, 6.07) is 10.2. The van der Waals surface area contributed by atoms with Gasteiger partial charge in [-0.2, -0.15) is 11.3 Å². The second-order valence-corrected chi connectivity index (χ2v) is 12.9. The van der Waals surface area contributed by atoms with Gasteiger partial charge in [-0.3, -0.25) is 24.7 Å². The molecule has 11 heteroatoms. The molecular formula is C32H38N6O3S2. The minimum absolute atomic E-state index is 0.0339. The zero-order chi connectivity index (χ0) is 30.2. The van der Waals surface area contributed by atoms with Crippen molar-refractivity contribution in [2.75, 3.05) is 5.32 Å².